The maximum atomic E-state index is 13.2. The summed E-state index contributed by atoms with van der Waals surface area (Å²) in [6.45, 7) is 0.942. The number of hydrogen-bond acceptors (Lipinski definition) is 7. The number of methoxy groups -OCH3 is 1. The summed E-state index contributed by atoms with van der Waals surface area (Å²) in [7, 11) is 3.20. The number of nitrogens with one attached hydrogen (secondary N) is 2. The Hall–Kier alpha value is -5.13. The summed E-state index contributed by atoms with van der Waals surface area (Å²) in [5, 5.41) is 14.5. The van der Waals surface area contributed by atoms with Crippen LogP contribution in [0.1, 0.15) is 63.3 Å². The molecule has 2 aliphatic rings. The van der Waals surface area contributed by atoms with E-state index in [0.717, 1.165) is 19.3 Å². The molecule has 0 spiro atoms. The fraction of sp³-hybridized carbons (Fsp3) is 0.323. The fourth-order valence-electron chi connectivity index (χ4n) is 5.17. The Morgan fingerprint density at radius 2 is 1.84 bits per heavy atom. The molecule has 0 bridgehead atoms. The number of aromatic carboxylic acids is 1. The summed E-state index contributed by atoms with van der Waals surface area (Å²) in [4.78, 5) is 55.9. The third kappa shape index (κ3) is 6.69. The lowest BCUT2D eigenvalue weighted by Crippen LogP contribution is -2.43. The number of carbonyl (C=O) groups excluding carboxylic acids is 3. The van der Waals surface area contributed by atoms with Gasteiger partial charge >= 0.3 is 5.97 Å². The number of piperidine rings is 1. The summed E-state index contributed by atoms with van der Waals surface area (Å²) in [5.41, 5.74) is 2.36. The van der Waals surface area contributed by atoms with Crippen LogP contribution in [-0.4, -0.2) is 70.8 Å². The number of carboxylic acids is 1. The minimum atomic E-state index is -1.05. The van der Waals surface area contributed by atoms with Gasteiger partial charge in [-0.1, -0.05) is 0 Å². The molecule has 0 unspecified atom stereocenters. The molecular formula is C31H33N5O7. The van der Waals surface area contributed by atoms with E-state index >= 15 is 0 Å². The molecule has 2 aromatic carbocycles. The highest BCUT2D eigenvalue weighted by molar-refractivity contribution is 6.05. The fourth-order valence-corrected chi connectivity index (χ4v) is 5.17. The van der Waals surface area contributed by atoms with Crippen LogP contribution in [0.3, 0.4) is 0 Å². The molecule has 1 atom stereocenters. The predicted molar refractivity (Wildman–Crippen MR) is 160 cm³/mol. The number of rotatable bonds is 10. The third-order valence-corrected chi connectivity index (χ3v) is 7.42. The first-order valence-electron chi connectivity index (χ1n) is 14.0. The summed E-state index contributed by atoms with van der Waals surface area (Å²) in [5.74, 6) is -0.890. The van der Waals surface area contributed by atoms with Crippen LogP contribution < -0.4 is 20.1 Å². The maximum Gasteiger partial charge on any atom is 0.335 e. The van der Waals surface area contributed by atoms with E-state index in [1.54, 1.807) is 36.0 Å². The molecule has 1 saturated heterocycles. The van der Waals surface area contributed by atoms with E-state index in [1.165, 1.54) is 31.4 Å². The van der Waals surface area contributed by atoms with Crippen LogP contribution in [0.4, 0.5) is 17.1 Å². The van der Waals surface area contributed by atoms with Crippen LogP contribution in [0.25, 0.3) is 0 Å². The molecule has 12 nitrogen and oxygen atoms in total. The number of carboxylic acid groups (broad SMARTS) is 1. The molecule has 2 aliphatic heterocycles. The number of benzene rings is 2. The van der Waals surface area contributed by atoms with E-state index in [1.807, 2.05) is 11.1 Å². The lowest BCUT2D eigenvalue weighted by atomic mass is 10.0. The second-order valence-corrected chi connectivity index (χ2v) is 10.4. The van der Waals surface area contributed by atoms with Crippen molar-refractivity contribution >= 4 is 47.0 Å². The van der Waals surface area contributed by atoms with Crippen LogP contribution in [-0.2, 0) is 11.8 Å². The molecule has 1 aromatic heterocycles. The second kappa shape index (κ2) is 12.8. The number of nitrogens with zero attached hydrogens (tertiary/aromatic N) is 3. The van der Waals surface area contributed by atoms with Crippen molar-refractivity contribution in [3.63, 3.8) is 0 Å². The standard InChI is InChI=1S/C31H33N5O7/c1-35-18-21(14-25(35)29(38)34-20-10-8-19(9-11-20)31(40)41)33-28(37)7-5-13-43-27-16-24-23(15-26(27)42-2)30(39)36-12-4-3-6-22(36)17-32-24/h8-11,14-18,22H,3-7,12-13H2,1-2H3,(H,33,37)(H,34,38)(H,40,41)/t22-/m0/s1. The van der Waals surface area contributed by atoms with Crippen LogP contribution in [0.2, 0.25) is 0 Å². The number of anilines is 2. The highest BCUT2D eigenvalue weighted by atomic mass is 16.5. The molecule has 1 fully saturated rings. The Labute approximate surface area is 248 Å². The average Bonchev–Trinajstić information content (AvgIpc) is 3.31. The van der Waals surface area contributed by atoms with Gasteiger partial charge in [-0.15, -0.1) is 0 Å². The summed E-state index contributed by atoms with van der Waals surface area (Å²) in [6, 6.07) is 10.7. The smallest absolute Gasteiger partial charge is 0.335 e. The van der Waals surface area contributed by atoms with E-state index in [2.05, 4.69) is 15.6 Å². The molecule has 0 saturated carbocycles. The summed E-state index contributed by atoms with van der Waals surface area (Å²) in [6.07, 6.45) is 6.99. The molecule has 3 aromatic rings. The Kier molecular flexibility index (Phi) is 8.74. The van der Waals surface area contributed by atoms with Crippen molar-refractivity contribution in [1.29, 1.82) is 0 Å². The minimum absolute atomic E-state index is 0.00422. The first-order chi connectivity index (χ1) is 20.7. The van der Waals surface area contributed by atoms with Crippen LogP contribution in [0.15, 0.2) is 53.7 Å². The Morgan fingerprint density at radius 3 is 2.58 bits per heavy atom. The molecule has 12 heteroatoms. The van der Waals surface area contributed by atoms with Crippen LogP contribution >= 0.6 is 0 Å². The van der Waals surface area contributed by atoms with Gasteiger partial charge in [0.1, 0.15) is 5.69 Å². The van der Waals surface area contributed by atoms with Crippen LogP contribution in [0, 0.1) is 0 Å². The largest absolute Gasteiger partial charge is 0.493 e. The number of amides is 3. The Balaban J connectivity index is 1.14. The molecule has 0 radical (unpaired) electrons. The lowest BCUT2D eigenvalue weighted by Gasteiger charge is -2.32. The molecule has 5 rings (SSSR count). The van der Waals surface area contributed by atoms with Crippen molar-refractivity contribution < 1.29 is 33.8 Å². The maximum absolute atomic E-state index is 13.2. The number of aryl methyl sites for hydroxylation is 1. The summed E-state index contributed by atoms with van der Waals surface area (Å²) >= 11 is 0. The molecule has 3 N–H and O–H groups in total. The topological polar surface area (TPSA) is 152 Å². The molecule has 224 valence electrons. The molecule has 43 heavy (non-hydrogen) atoms. The van der Waals surface area contributed by atoms with Crippen LogP contribution in [0.5, 0.6) is 11.5 Å². The number of fused-ring (bicyclic) bond motifs is 2. The van der Waals surface area contributed by atoms with Crippen molar-refractivity contribution in [2.45, 2.75) is 38.1 Å². The van der Waals surface area contributed by atoms with Gasteiger partial charge in [-0.3, -0.25) is 19.4 Å². The van der Waals surface area contributed by atoms with E-state index < -0.39 is 11.9 Å². The predicted octanol–water partition coefficient (Wildman–Crippen LogP) is 4.49. The van der Waals surface area contributed by atoms with Gasteiger partial charge in [0.05, 0.1) is 42.3 Å². The Morgan fingerprint density at radius 1 is 1.05 bits per heavy atom. The van der Waals surface area contributed by atoms with Gasteiger partial charge < -0.3 is 34.7 Å². The van der Waals surface area contributed by atoms with E-state index in [4.69, 9.17) is 14.6 Å². The number of aliphatic imine (C=N–C) groups is 1. The molecule has 0 aliphatic carbocycles. The van der Waals surface area contributed by atoms with Gasteiger partial charge in [0, 0.05) is 44.2 Å². The van der Waals surface area contributed by atoms with Gasteiger partial charge in [0.15, 0.2) is 11.5 Å². The zero-order chi connectivity index (χ0) is 30.5. The van der Waals surface area contributed by atoms with Gasteiger partial charge in [-0.05, 0) is 62.1 Å². The number of hydrogen-bond donors (Lipinski definition) is 3. The van der Waals surface area contributed by atoms with Gasteiger partial charge in [0.2, 0.25) is 5.91 Å². The van der Waals surface area contributed by atoms with Gasteiger partial charge in [-0.25, -0.2) is 4.79 Å². The molecule has 3 amide bonds. The van der Waals surface area contributed by atoms with Gasteiger partial charge in [0.25, 0.3) is 11.8 Å². The highest BCUT2D eigenvalue weighted by Gasteiger charge is 2.31. The SMILES string of the molecule is COc1cc2c(cc1OCCCC(=O)Nc1cc(C(=O)Nc3ccc(C(=O)O)cc3)n(C)c1)N=C[C@@H]1CCCCN1C2=O. The minimum Gasteiger partial charge on any atom is -0.493 e. The van der Waals surface area contributed by atoms with E-state index in [9.17, 15) is 19.2 Å². The first kappa shape index (κ1) is 29.4. The number of carbonyl (C=O) groups is 4. The quantitative estimate of drug-likeness (QED) is 0.296. The zero-order valence-electron chi connectivity index (χ0n) is 24.0. The Bertz CT molecular complexity index is 1580. The van der Waals surface area contributed by atoms with Crippen molar-refractivity contribution in [2.75, 3.05) is 30.9 Å². The van der Waals surface area contributed by atoms with Crippen molar-refractivity contribution in [2.24, 2.45) is 12.0 Å². The van der Waals surface area contributed by atoms with E-state index in [-0.39, 0.29) is 36.4 Å². The second-order valence-electron chi connectivity index (χ2n) is 10.4. The summed E-state index contributed by atoms with van der Waals surface area (Å²) < 4.78 is 13.0. The first-order valence-corrected chi connectivity index (χ1v) is 14.0. The third-order valence-electron chi connectivity index (χ3n) is 7.42. The van der Waals surface area contributed by atoms with Crippen molar-refractivity contribution in [3.8, 4) is 11.5 Å². The normalized spacial score (nSPS) is 15.6. The zero-order valence-corrected chi connectivity index (χ0v) is 24.0. The van der Waals surface area contributed by atoms with E-state index in [0.29, 0.717) is 52.8 Å². The molecule has 3 heterocycles. The monoisotopic (exact) mass is 587 g/mol. The average molecular weight is 588 g/mol. The number of aromatic nitrogens is 1. The van der Waals surface area contributed by atoms with Crippen molar-refractivity contribution in [3.05, 3.63) is 65.5 Å². The number of ether oxygens (including phenoxy) is 2. The van der Waals surface area contributed by atoms with Crippen molar-refractivity contribution in [1.82, 2.24) is 9.47 Å². The lowest BCUT2D eigenvalue weighted by molar-refractivity contribution is -0.116. The van der Waals surface area contributed by atoms with Gasteiger partial charge in [-0.2, -0.15) is 0 Å². The highest BCUT2D eigenvalue weighted by Crippen LogP contribution is 2.38. The molecular weight excluding hydrogens is 554 g/mol.